The molecule has 1 amide bonds. The summed E-state index contributed by atoms with van der Waals surface area (Å²) in [5, 5.41) is 24.3. The highest BCUT2D eigenvalue weighted by Gasteiger charge is 2.22. The fourth-order valence-corrected chi connectivity index (χ4v) is 3.57. The molecule has 0 radical (unpaired) electrons. The molecule has 0 aromatic carbocycles. The van der Waals surface area contributed by atoms with Crippen molar-refractivity contribution in [2.45, 2.75) is 38.5 Å². The van der Waals surface area contributed by atoms with Crippen LogP contribution in [0, 0.1) is 0 Å². The molecule has 1 heterocycles. The molecule has 0 spiro atoms. The van der Waals surface area contributed by atoms with Crippen molar-refractivity contribution in [3.63, 3.8) is 0 Å². The molecule has 1 aliphatic carbocycles. The summed E-state index contributed by atoms with van der Waals surface area (Å²) >= 11 is 1.24. The van der Waals surface area contributed by atoms with Crippen LogP contribution in [0.25, 0.3) is 0 Å². The number of anilines is 1. The Kier molecular flexibility index (Phi) is 4.39. The summed E-state index contributed by atoms with van der Waals surface area (Å²) in [7, 11) is 0. The van der Waals surface area contributed by atoms with Crippen molar-refractivity contribution in [2.75, 3.05) is 5.32 Å². The quantitative estimate of drug-likeness (QED) is 0.784. The Morgan fingerprint density at radius 3 is 2.45 bits per heavy atom. The monoisotopic (exact) mass is 295 g/mol. The van der Waals surface area contributed by atoms with Crippen molar-refractivity contribution in [3.8, 4) is 0 Å². The lowest BCUT2D eigenvalue weighted by Crippen LogP contribution is -2.26. The number of nitrogens with one attached hydrogen (secondary N) is 1. The predicted octanol–water partition coefficient (Wildman–Crippen LogP) is -0.541. The third-order valence-corrected chi connectivity index (χ3v) is 4.39. The maximum atomic E-state index is 11.6. The lowest BCUT2D eigenvalue weighted by Gasteiger charge is -2.13. The van der Waals surface area contributed by atoms with E-state index in [1.807, 2.05) is 0 Å². The number of carboxylic acids is 2. The highest BCUT2D eigenvalue weighted by molar-refractivity contribution is 7.17. The predicted molar refractivity (Wildman–Crippen MR) is 68.2 cm³/mol. The lowest BCUT2D eigenvalue weighted by molar-refractivity contribution is -0.305. The first-order chi connectivity index (χ1) is 9.49. The average Bonchev–Trinajstić information content (AvgIpc) is 2.74. The van der Waals surface area contributed by atoms with Gasteiger partial charge >= 0.3 is 0 Å². The van der Waals surface area contributed by atoms with E-state index >= 15 is 0 Å². The van der Waals surface area contributed by atoms with E-state index < -0.39 is 24.3 Å². The van der Waals surface area contributed by atoms with E-state index in [4.69, 9.17) is 0 Å². The molecular formula is C13H13NO5S-2. The number of carboxylic acid groups (broad SMARTS) is 2. The molecule has 20 heavy (non-hydrogen) atoms. The Bertz CT molecular complexity index is 563. The Morgan fingerprint density at radius 1 is 1.10 bits per heavy atom. The van der Waals surface area contributed by atoms with E-state index in [-0.39, 0.29) is 17.0 Å². The van der Waals surface area contributed by atoms with Gasteiger partial charge in [-0.1, -0.05) is 0 Å². The van der Waals surface area contributed by atoms with Crippen LogP contribution < -0.4 is 15.5 Å². The van der Waals surface area contributed by atoms with Crippen LogP contribution in [0.5, 0.6) is 0 Å². The first-order valence-corrected chi connectivity index (χ1v) is 7.16. The molecular weight excluding hydrogens is 282 g/mol. The molecule has 1 aromatic rings. The van der Waals surface area contributed by atoms with Crippen molar-refractivity contribution in [1.29, 1.82) is 0 Å². The number of hydrogen-bond acceptors (Lipinski definition) is 6. The maximum absolute atomic E-state index is 11.6. The summed E-state index contributed by atoms with van der Waals surface area (Å²) < 4.78 is 0. The SMILES string of the molecule is O=C([O-])CCC(=O)Nc1sc2c(c1C(=O)[O-])CCCC2. The van der Waals surface area contributed by atoms with Gasteiger partial charge in [0.05, 0.1) is 5.97 Å². The Balaban J connectivity index is 2.18. The summed E-state index contributed by atoms with van der Waals surface area (Å²) in [6.07, 6.45) is 2.76. The summed E-state index contributed by atoms with van der Waals surface area (Å²) in [5.41, 5.74) is 0.794. The van der Waals surface area contributed by atoms with Gasteiger partial charge in [-0.15, -0.1) is 11.3 Å². The number of fused-ring (bicyclic) bond motifs is 1. The Morgan fingerprint density at radius 2 is 1.80 bits per heavy atom. The smallest absolute Gasteiger partial charge is 0.225 e. The van der Waals surface area contributed by atoms with Crippen LogP contribution in [0.4, 0.5) is 5.00 Å². The van der Waals surface area contributed by atoms with Crippen LogP contribution in [0.15, 0.2) is 0 Å². The van der Waals surface area contributed by atoms with Crippen LogP contribution in [0.2, 0.25) is 0 Å². The number of rotatable bonds is 5. The number of carbonyl (C=O) groups excluding carboxylic acids is 3. The summed E-state index contributed by atoms with van der Waals surface area (Å²) in [6.45, 7) is 0. The molecule has 0 saturated heterocycles. The third-order valence-electron chi connectivity index (χ3n) is 3.18. The minimum absolute atomic E-state index is 0.0477. The minimum Gasteiger partial charge on any atom is -0.550 e. The number of aryl methyl sites for hydroxylation is 1. The number of aliphatic carboxylic acids is 1. The number of amides is 1. The zero-order valence-electron chi connectivity index (χ0n) is 10.7. The first kappa shape index (κ1) is 14.5. The van der Waals surface area contributed by atoms with E-state index in [2.05, 4.69) is 5.32 Å². The number of aromatic carboxylic acids is 1. The summed E-state index contributed by atoms with van der Waals surface area (Å²) in [4.78, 5) is 34.1. The third kappa shape index (κ3) is 3.16. The van der Waals surface area contributed by atoms with Gasteiger partial charge in [0.1, 0.15) is 5.00 Å². The second-order valence-electron chi connectivity index (χ2n) is 4.62. The van der Waals surface area contributed by atoms with Gasteiger partial charge in [0.25, 0.3) is 0 Å². The molecule has 108 valence electrons. The first-order valence-electron chi connectivity index (χ1n) is 6.34. The topological polar surface area (TPSA) is 109 Å². The van der Waals surface area contributed by atoms with Gasteiger partial charge in [-0.2, -0.15) is 0 Å². The van der Waals surface area contributed by atoms with Crippen molar-refractivity contribution < 1.29 is 24.6 Å². The maximum Gasteiger partial charge on any atom is 0.225 e. The van der Waals surface area contributed by atoms with E-state index in [1.165, 1.54) is 11.3 Å². The van der Waals surface area contributed by atoms with Gasteiger partial charge in [-0.3, -0.25) is 4.79 Å². The standard InChI is InChI=1S/C13H15NO5S/c15-9(5-6-10(16)17)14-12-11(13(18)19)7-3-1-2-4-8(7)20-12/h1-6H2,(H,14,15)(H,16,17)(H,18,19)/p-2. The van der Waals surface area contributed by atoms with Crippen LogP contribution in [0.1, 0.15) is 46.5 Å². The number of carbonyl (C=O) groups is 3. The van der Waals surface area contributed by atoms with Crippen molar-refractivity contribution in [1.82, 2.24) is 0 Å². The minimum atomic E-state index is -1.31. The second kappa shape index (κ2) is 6.04. The lowest BCUT2D eigenvalue weighted by atomic mass is 9.95. The van der Waals surface area contributed by atoms with Crippen LogP contribution in [-0.4, -0.2) is 17.8 Å². The Hall–Kier alpha value is -1.89. The van der Waals surface area contributed by atoms with Crippen LogP contribution in [0.3, 0.4) is 0 Å². The van der Waals surface area contributed by atoms with Gasteiger partial charge in [-0.05, 0) is 37.7 Å². The molecule has 1 N–H and O–H groups in total. The van der Waals surface area contributed by atoms with E-state index in [1.54, 1.807) is 0 Å². The van der Waals surface area contributed by atoms with Crippen molar-refractivity contribution in [2.24, 2.45) is 0 Å². The molecule has 1 aromatic heterocycles. The molecule has 0 saturated carbocycles. The van der Waals surface area contributed by atoms with Gasteiger partial charge in [0, 0.05) is 22.8 Å². The highest BCUT2D eigenvalue weighted by atomic mass is 32.1. The largest absolute Gasteiger partial charge is 0.550 e. The van der Waals surface area contributed by atoms with Crippen molar-refractivity contribution in [3.05, 3.63) is 16.0 Å². The van der Waals surface area contributed by atoms with Crippen LogP contribution >= 0.6 is 11.3 Å². The molecule has 0 atom stereocenters. The second-order valence-corrected chi connectivity index (χ2v) is 5.73. The molecule has 0 bridgehead atoms. The highest BCUT2D eigenvalue weighted by Crippen LogP contribution is 2.37. The van der Waals surface area contributed by atoms with E-state index in [0.29, 0.717) is 6.42 Å². The average molecular weight is 295 g/mol. The van der Waals surface area contributed by atoms with Gasteiger partial charge in [0.15, 0.2) is 0 Å². The zero-order valence-corrected chi connectivity index (χ0v) is 11.5. The van der Waals surface area contributed by atoms with E-state index in [0.717, 1.165) is 29.7 Å². The van der Waals surface area contributed by atoms with Crippen LogP contribution in [-0.2, 0) is 22.4 Å². The molecule has 1 aliphatic rings. The van der Waals surface area contributed by atoms with E-state index in [9.17, 15) is 24.6 Å². The molecule has 0 unspecified atom stereocenters. The fraction of sp³-hybridized carbons (Fsp3) is 0.462. The summed E-state index contributed by atoms with van der Waals surface area (Å²) in [6, 6.07) is 0. The number of thiophene rings is 1. The zero-order chi connectivity index (χ0) is 14.7. The van der Waals surface area contributed by atoms with Crippen molar-refractivity contribution >= 4 is 34.2 Å². The summed E-state index contributed by atoms with van der Waals surface area (Å²) in [5.74, 6) is -3.15. The molecule has 7 heteroatoms. The Labute approximate surface area is 119 Å². The van der Waals surface area contributed by atoms with Gasteiger partial charge in [0.2, 0.25) is 5.91 Å². The molecule has 2 rings (SSSR count). The van der Waals surface area contributed by atoms with Gasteiger partial charge in [-0.25, -0.2) is 0 Å². The molecule has 6 nitrogen and oxygen atoms in total. The molecule has 0 aliphatic heterocycles. The molecule has 0 fully saturated rings. The fourth-order valence-electron chi connectivity index (χ4n) is 2.27. The normalized spacial score (nSPS) is 13.6. The van der Waals surface area contributed by atoms with Gasteiger partial charge < -0.3 is 25.1 Å². The number of hydrogen-bond donors (Lipinski definition) is 1.